The topological polar surface area (TPSA) is 131 Å². The van der Waals surface area contributed by atoms with E-state index in [1.807, 2.05) is 0 Å². The van der Waals surface area contributed by atoms with Crippen LogP contribution in [-0.2, 0) is 21.4 Å². The molecule has 0 aliphatic carbocycles. The number of aromatic nitrogens is 2. The summed E-state index contributed by atoms with van der Waals surface area (Å²) in [5.74, 6) is -3.09. The van der Waals surface area contributed by atoms with Crippen molar-refractivity contribution >= 4 is 23.7 Å². The standard InChI is InChI=1S/C9H11N3O6/c1-12-8(5(2-10-12)9(16)17)11-6(13)3-18-4-7(14)15/h2H,3-4H2,1H3,(H,11,13)(H,14,15)(H,16,17). The summed E-state index contributed by atoms with van der Waals surface area (Å²) in [6.45, 7) is -1.10. The number of anilines is 1. The minimum Gasteiger partial charge on any atom is -0.480 e. The quantitative estimate of drug-likeness (QED) is 0.605. The number of carboxylic acid groups (broad SMARTS) is 2. The number of aryl methyl sites for hydroxylation is 1. The van der Waals surface area contributed by atoms with Gasteiger partial charge in [-0.2, -0.15) is 5.10 Å². The van der Waals surface area contributed by atoms with Gasteiger partial charge in [0, 0.05) is 7.05 Å². The van der Waals surface area contributed by atoms with E-state index in [0.29, 0.717) is 0 Å². The maximum atomic E-state index is 11.4. The molecule has 9 heteroatoms. The van der Waals surface area contributed by atoms with Gasteiger partial charge in [-0.05, 0) is 0 Å². The third kappa shape index (κ3) is 3.56. The molecular formula is C9H11N3O6. The maximum absolute atomic E-state index is 11.4. The van der Waals surface area contributed by atoms with Crippen LogP contribution in [0.4, 0.5) is 5.82 Å². The Morgan fingerprint density at radius 3 is 2.61 bits per heavy atom. The van der Waals surface area contributed by atoms with Crippen molar-refractivity contribution in [1.82, 2.24) is 9.78 Å². The number of carbonyl (C=O) groups is 3. The third-order valence-electron chi connectivity index (χ3n) is 1.89. The second-order valence-corrected chi connectivity index (χ2v) is 3.27. The number of hydrogen-bond acceptors (Lipinski definition) is 5. The number of aromatic carboxylic acids is 1. The van der Waals surface area contributed by atoms with Crippen LogP contribution in [0, 0.1) is 0 Å². The number of amides is 1. The van der Waals surface area contributed by atoms with Crippen LogP contribution >= 0.6 is 0 Å². The fourth-order valence-corrected chi connectivity index (χ4v) is 1.14. The Hall–Kier alpha value is -2.42. The van der Waals surface area contributed by atoms with Crippen LogP contribution in [0.5, 0.6) is 0 Å². The van der Waals surface area contributed by atoms with Gasteiger partial charge in [-0.1, -0.05) is 0 Å². The van der Waals surface area contributed by atoms with Crippen molar-refractivity contribution in [3.63, 3.8) is 0 Å². The van der Waals surface area contributed by atoms with E-state index in [0.717, 1.165) is 6.20 Å². The van der Waals surface area contributed by atoms with Crippen LogP contribution in [0.25, 0.3) is 0 Å². The van der Waals surface area contributed by atoms with Crippen molar-refractivity contribution in [3.8, 4) is 0 Å². The molecule has 18 heavy (non-hydrogen) atoms. The van der Waals surface area contributed by atoms with Gasteiger partial charge in [-0.15, -0.1) is 0 Å². The van der Waals surface area contributed by atoms with Gasteiger partial charge in [-0.3, -0.25) is 9.48 Å². The lowest BCUT2D eigenvalue weighted by Gasteiger charge is -2.06. The molecule has 1 rings (SSSR count). The fraction of sp³-hybridized carbons (Fsp3) is 0.333. The first kappa shape index (κ1) is 13.6. The van der Waals surface area contributed by atoms with Crippen molar-refractivity contribution in [2.45, 2.75) is 0 Å². The Morgan fingerprint density at radius 1 is 1.39 bits per heavy atom. The summed E-state index contributed by atoms with van der Waals surface area (Å²) < 4.78 is 5.74. The van der Waals surface area contributed by atoms with Crippen molar-refractivity contribution in [1.29, 1.82) is 0 Å². The van der Waals surface area contributed by atoms with Crippen LogP contribution in [0.15, 0.2) is 6.20 Å². The first-order valence-corrected chi connectivity index (χ1v) is 4.76. The Morgan fingerprint density at radius 2 is 2.06 bits per heavy atom. The predicted octanol–water partition coefficient (Wildman–Crippen LogP) is -0.842. The number of hydrogen-bond donors (Lipinski definition) is 3. The summed E-state index contributed by atoms with van der Waals surface area (Å²) >= 11 is 0. The zero-order valence-electron chi connectivity index (χ0n) is 9.41. The zero-order valence-corrected chi connectivity index (χ0v) is 9.41. The lowest BCUT2D eigenvalue weighted by atomic mass is 10.3. The van der Waals surface area contributed by atoms with Gasteiger partial charge >= 0.3 is 11.9 Å². The number of rotatable bonds is 6. The summed E-state index contributed by atoms with van der Waals surface area (Å²) in [4.78, 5) is 32.3. The second kappa shape index (κ2) is 5.77. The monoisotopic (exact) mass is 257 g/mol. The minimum absolute atomic E-state index is 0.00595. The molecule has 0 saturated heterocycles. The highest BCUT2D eigenvalue weighted by Gasteiger charge is 2.17. The predicted molar refractivity (Wildman–Crippen MR) is 57.3 cm³/mol. The molecule has 0 fully saturated rings. The molecule has 0 aliphatic heterocycles. The van der Waals surface area contributed by atoms with Crippen LogP contribution < -0.4 is 5.32 Å². The van der Waals surface area contributed by atoms with E-state index in [9.17, 15) is 14.4 Å². The molecule has 0 bridgehead atoms. The van der Waals surface area contributed by atoms with Gasteiger partial charge < -0.3 is 20.3 Å². The summed E-state index contributed by atoms with van der Waals surface area (Å²) in [7, 11) is 1.46. The highest BCUT2D eigenvalue weighted by atomic mass is 16.5. The molecule has 3 N–H and O–H groups in total. The Kier molecular flexibility index (Phi) is 4.38. The Labute approximate surface area is 101 Å². The van der Waals surface area contributed by atoms with E-state index in [2.05, 4.69) is 15.2 Å². The van der Waals surface area contributed by atoms with E-state index in [-0.39, 0.29) is 11.4 Å². The molecule has 0 aliphatic rings. The molecule has 1 amide bonds. The average Bonchev–Trinajstić information content (AvgIpc) is 2.60. The number of ether oxygens (including phenoxy) is 1. The number of nitrogens with one attached hydrogen (secondary N) is 1. The van der Waals surface area contributed by atoms with Crippen LogP contribution in [0.2, 0.25) is 0 Å². The van der Waals surface area contributed by atoms with Crippen molar-refractivity contribution in [2.24, 2.45) is 7.05 Å². The number of carbonyl (C=O) groups excluding carboxylic acids is 1. The van der Waals surface area contributed by atoms with Crippen molar-refractivity contribution < 1.29 is 29.3 Å². The van der Waals surface area contributed by atoms with Crippen LogP contribution in [0.3, 0.4) is 0 Å². The smallest absolute Gasteiger partial charge is 0.341 e. The van der Waals surface area contributed by atoms with Gasteiger partial charge in [0.25, 0.3) is 5.91 Å². The van der Waals surface area contributed by atoms with Crippen LogP contribution in [0.1, 0.15) is 10.4 Å². The normalized spacial score (nSPS) is 10.1. The van der Waals surface area contributed by atoms with Gasteiger partial charge in [0.05, 0.1) is 6.20 Å². The molecule has 0 aromatic carbocycles. The first-order valence-electron chi connectivity index (χ1n) is 4.76. The molecule has 9 nitrogen and oxygen atoms in total. The van der Waals surface area contributed by atoms with Crippen LogP contribution in [-0.4, -0.2) is 51.1 Å². The van der Waals surface area contributed by atoms with Crippen molar-refractivity contribution in [3.05, 3.63) is 11.8 Å². The summed E-state index contributed by atoms with van der Waals surface area (Å²) in [5, 5.41) is 23.1. The molecule has 1 heterocycles. The summed E-state index contributed by atoms with van der Waals surface area (Å²) in [5.41, 5.74) is -0.163. The lowest BCUT2D eigenvalue weighted by Crippen LogP contribution is -2.23. The minimum atomic E-state index is -1.23. The molecule has 98 valence electrons. The Bertz CT molecular complexity index is 481. The Balaban J connectivity index is 2.61. The molecule has 0 atom stereocenters. The zero-order chi connectivity index (χ0) is 13.7. The van der Waals surface area contributed by atoms with Gasteiger partial charge in [0.1, 0.15) is 24.6 Å². The van der Waals surface area contributed by atoms with Gasteiger partial charge in [0.15, 0.2) is 0 Å². The largest absolute Gasteiger partial charge is 0.480 e. The summed E-state index contributed by atoms with van der Waals surface area (Å²) in [6, 6.07) is 0. The molecule has 0 radical (unpaired) electrons. The molecule has 0 saturated carbocycles. The molecule has 1 aromatic rings. The molecule has 0 spiro atoms. The van der Waals surface area contributed by atoms with Gasteiger partial charge in [0.2, 0.25) is 0 Å². The third-order valence-corrected chi connectivity index (χ3v) is 1.89. The number of carboxylic acids is 2. The van der Waals surface area contributed by atoms with E-state index >= 15 is 0 Å². The number of nitrogens with zero attached hydrogens (tertiary/aromatic N) is 2. The van der Waals surface area contributed by atoms with E-state index in [1.165, 1.54) is 11.7 Å². The fourth-order valence-electron chi connectivity index (χ4n) is 1.14. The van der Waals surface area contributed by atoms with Gasteiger partial charge in [-0.25, -0.2) is 9.59 Å². The summed E-state index contributed by atoms with van der Waals surface area (Å²) in [6.07, 6.45) is 1.09. The SMILES string of the molecule is Cn1ncc(C(=O)O)c1NC(=O)COCC(=O)O. The highest BCUT2D eigenvalue weighted by molar-refractivity contribution is 5.99. The highest BCUT2D eigenvalue weighted by Crippen LogP contribution is 2.13. The first-order chi connectivity index (χ1) is 8.41. The molecule has 0 unspecified atom stereocenters. The molecule has 1 aromatic heterocycles. The lowest BCUT2D eigenvalue weighted by molar-refractivity contribution is -0.143. The number of aliphatic carboxylic acids is 1. The average molecular weight is 257 g/mol. The second-order valence-electron chi connectivity index (χ2n) is 3.27. The van der Waals surface area contributed by atoms with E-state index < -0.39 is 31.1 Å². The maximum Gasteiger partial charge on any atom is 0.341 e. The van der Waals surface area contributed by atoms with Crippen molar-refractivity contribution in [2.75, 3.05) is 18.5 Å². The van der Waals surface area contributed by atoms with E-state index in [4.69, 9.17) is 10.2 Å². The molecular weight excluding hydrogens is 246 g/mol. The van der Waals surface area contributed by atoms with E-state index in [1.54, 1.807) is 0 Å².